The second-order valence-corrected chi connectivity index (χ2v) is 6.30. The monoisotopic (exact) mass is 327 g/mol. The topological polar surface area (TPSA) is 48.7 Å². The number of rotatable bonds is 6. The highest BCUT2D eigenvalue weighted by molar-refractivity contribution is 7.22. The van der Waals surface area contributed by atoms with Crippen molar-refractivity contribution in [2.24, 2.45) is 4.99 Å². The Balaban J connectivity index is 2.13. The first-order chi connectivity index (χ1) is 10.9. The predicted molar refractivity (Wildman–Crippen MR) is 99.8 cm³/mol. The summed E-state index contributed by atoms with van der Waals surface area (Å²) in [6.45, 7) is 12.6. The number of thiazole rings is 1. The van der Waals surface area contributed by atoms with Crippen LogP contribution in [0.5, 0.6) is 0 Å². The summed E-state index contributed by atoms with van der Waals surface area (Å²) in [7, 11) is 1.91. The number of allylic oxidation sites excluding steroid dienone is 2. The molecule has 1 heterocycles. The fraction of sp³-hybridized carbons (Fsp3) is 0.222. The zero-order valence-electron chi connectivity index (χ0n) is 13.7. The van der Waals surface area contributed by atoms with Crippen LogP contribution in [0.1, 0.15) is 12.5 Å². The van der Waals surface area contributed by atoms with E-state index in [0.29, 0.717) is 10.7 Å². The zero-order chi connectivity index (χ0) is 17.0. The summed E-state index contributed by atoms with van der Waals surface area (Å²) in [6, 6.07) is 6.10. The summed E-state index contributed by atoms with van der Waals surface area (Å²) < 4.78 is 1.10. The minimum Gasteiger partial charge on any atom is -0.507 e. The molecular weight excluding hydrogens is 306 g/mol. The van der Waals surface area contributed by atoms with E-state index in [-0.39, 0.29) is 5.76 Å². The van der Waals surface area contributed by atoms with Crippen LogP contribution in [0, 0.1) is 6.92 Å². The van der Waals surface area contributed by atoms with Gasteiger partial charge < -0.3 is 10.0 Å². The summed E-state index contributed by atoms with van der Waals surface area (Å²) in [6.07, 6.45) is 3.11. The van der Waals surface area contributed by atoms with E-state index < -0.39 is 0 Å². The third-order valence-corrected chi connectivity index (χ3v) is 4.39. The fourth-order valence-corrected chi connectivity index (χ4v) is 2.75. The number of fused-ring (bicyclic) bond motifs is 1. The first-order valence-corrected chi connectivity index (χ1v) is 8.13. The van der Waals surface area contributed by atoms with Crippen molar-refractivity contribution >= 4 is 32.9 Å². The molecule has 4 nitrogen and oxygen atoms in total. The van der Waals surface area contributed by atoms with Gasteiger partial charge >= 0.3 is 0 Å². The maximum absolute atomic E-state index is 10.1. The molecule has 0 amide bonds. The van der Waals surface area contributed by atoms with E-state index in [1.54, 1.807) is 6.08 Å². The lowest BCUT2D eigenvalue weighted by atomic mass is 10.2. The highest BCUT2D eigenvalue weighted by Crippen LogP contribution is 2.28. The van der Waals surface area contributed by atoms with Gasteiger partial charge in [0, 0.05) is 37.2 Å². The second kappa shape index (κ2) is 7.24. The molecule has 1 N–H and O–H groups in total. The smallest absolute Gasteiger partial charge is 0.210 e. The molecule has 0 saturated heterocycles. The van der Waals surface area contributed by atoms with Gasteiger partial charge in [-0.2, -0.15) is 0 Å². The van der Waals surface area contributed by atoms with E-state index in [4.69, 9.17) is 0 Å². The molecule has 0 fully saturated rings. The number of aryl methyl sites for hydroxylation is 1. The number of aromatic nitrogens is 1. The second-order valence-electron chi connectivity index (χ2n) is 5.29. The number of hydrogen-bond donors (Lipinski definition) is 1. The molecule has 5 heteroatoms. The van der Waals surface area contributed by atoms with Gasteiger partial charge in [-0.25, -0.2) is 9.98 Å². The van der Waals surface area contributed by atoms with Crippen LogP contribution < -0.4 is 0 Å². The molecule has 0 bridgehead atoms. The van der Waals surface area contributed by atoms with Crippen LogP contribution in [0.4, 0.5) is 5.13 Å². The molecule has 0 radical (unpaired) electrons. The Bertz CT molecular complexity index is 802. The molecule has 2 rings (SSSR count). The van der Waals surface area contributed by atoms with Crippen molar-refractivity contribution in [3.05, 3.63) is 60.0 Å². The first kappa shape index (κ1) is 17.0. The van der Waals surface area contributed by atoms with E-state index in [9.17, 15) is 5.11 Å². The molecule has 0 aliphatic rings. The van der Waals surface area contributed by atoms with Crippen LogP contribution in [0.25, 0.3) is 10.2 Å². The Hall–Kier alpha value is -2.40. The van der Waals surface area contributed by atoms with Crippen molar-refractivity contribution in [3.8, 4) is 0 Å². The Kier molecular flexibility index (Phi) is 5.34. The maximum Gasteiger partial charge on any atom is 0.210 e. The van der Waals surface area contributed by atoms with Gasteiger partial charge in [0.1, 0.15) is 5.76 Å². The number of hydrogen-bond acceptors (Lipinski definition) is 5. The lowest BCUT2D eigenvalue weighted by Gasteiger charge is -2.16. The summed E-state index contributed by atoms with van der Waals surface area (Å²) >= 11 is 1.51. The molecule has 0 aliphatic carbocycles. The molecule has 1 aromatic carbocycles. The van der Waals surface area contributed by atoms with Crippen molar-refractivity contribution in [2.45, 2.75) is 13.8 Å². The largest absolute Gasteiger partial charge is 0.507 e. The summed E-state index contributed by atoms with van der Waals surface area (Å²) in [5.41, 5.74) is 3.26. The van der Waals surface area contributed by atoms with E-state index in [0.717, 1.165) is 22.5 Å². The highest BCUT2D eigenvalue weighted by Gasteiger charge is 2.04. The van der Waals surface area contributed by atoms with Gasteiger partial charge in [0.05, 0.1) is 10.2 Å². The number of likely N-dealkylation sites (N-methyl/N-ethyl adjacent to an activating group) is 1. The van der Waals surface area contributed by atoms with Gasteiger partial charge in [-0.1, -0.05) is 30.6 Å². The molecular formula is C18H21N3OS. The Morgan fingerprint density at radius 2 is 2.17 bits per heavy atom. The van der Waals surface area contributed by atoms with Crippen LogP contribution in [0.2, 0.25) is 0 Å². The Morgan fingerprint density at radius 1 is 1.43 bits per heavy atom. The van der Waals surface area contributed by atoms with Gasteiger partial charge in [-0.05, 0) is 31.5 Å². The standard InChI is InChI=1S/C18H21N3OS/c1-6-21(5)14(4)10-16(22)13(3)11-19-18-20-15-8-7-12(2)9-17(15)23-18/h7-11,22H,3-4,6H2,1-2,5H3/b16-10+,19-11+. The molecule has 120 valence electrons. The van der Waals surface area contributed by atoms with Crippen LogP contribution >= 0.6 is 11.3 Å². The summed E-state index contributed by atoms with van der Waals surface area (Å²) in [5, 5.41) is 10.7. The third-order valence-electron chi connectivity index (χ3n) is 3.46. The van der Waals surface area contributed by atoms with E-state index in [1.807, 2.05) is 37.9 Å². The van der Waals surface area contributed by atoms with Gasteiger partial charge in [-0.3, -0.25) is 0 Å². The molecule has 0 spiro atoms. The molecule has 23 heavy (non-hydrogen) atoms. The molecule has 1 aromatic heterocycles. The van der Waals surface area contributed by atoms with E-state index in [1.165, 1.54) is 23.1 Å². The van der Waals surface area contributed by atoms with Crippen molar-refractivity contribution in [1.29, 1.82) is 0 Å². The van der Waals surface area contributed by atoms with Crippen molar-refractivity contribution < 1.29 is 5.11 Å². The van der Waals surface area contributed by atoms with Crippen LogP contribution in [0.15, 0.2) is 59.5 Å². The molecule has 0 atom stereocenters. The molecule has 0 saturated carbocycles. The number of aliphatic hydroxyl groups is 1. The van der Waals surface area contributed by atoms with Crippen LogP contribution in [-0.4, -0.2) is 34.8 Å². The average Bonchev–Trinajstić information content (AvgIpc) is 2.93. The zero-order valence-corrected chi connectivity index (χ0v) is 14.5. The van der Waals surface area contributed by atoms with Gasteiger partial charge in [0.25, 0.3) is 0 Å². The average molecular weight is 327 g/mol. The normalized spacial score (nSPS) is 12.0. The lowest BCUT2D eigenvalue weighted by molar-refractivity contribution is 0.416. The number of aliphatic imine (C=N–C) groups is 1. The van der Waals surface area contributed by atoms with Crippen molar-refractivity contribution in [2.75, 3.05) is 13.6 Å². The first-order valence-electron chi connectivity index (χ1n) is 7.32. The summed E-state index contributed by atoms with van der Waals surface area (Å²) in [5.74, 6) is 0.0519. The molecule has 2 aromatic rings. The highest BCUT2D eigenvalue weighted by atomic mass is 32.1. The van der Waals surface area contributed by atoms with Crippen LogP contribution in [-0.2, 0) is 0 Å². The number of aliphatic hydroxyl groups excluding tert-OH is 1. The van der Waals surface area contributed by atoms with E-state index in [2.05, 4.69) is 29.2 Å². The van der Waals surface area contributed by atoms with Gasteiger partial charge in [0.15, 0.2) is 0 Å². The molecule has 0 aliphatic heterocycles. The van der Waals surface area contributed by atoms with Crippen molar-refractivity contribution in [1.82, 2.24) is 9.88 Å². The minimum atomic E-state index is 0.0519. The fourth-order valence-electron chi connectivity index (χ4n) is 1.84. The lowest BCUT2D eigenvalue weighted by Crippen LogP contribution is -2.15. The maximum atomic E-state index is 10.1. The van der Waals surface area contributed by atoms with E-state index >= 15 is 0 Å². The number of nitrogens with zero attached hydrogens (tertiary/aromatic N) is 3. The quantitative estimate of drug-likeness (QED) is 0.472. The third kappa shape index (κ3) is 4.29. The Labute approximate surface area is 140 Å². The predicted octanol–water partition coefficient (Wildman–Crippen LogP) is 4.77. The van der Waals surface area contributed by atoms with Crippen LogP contribution in [0.3, 0.4) is 0 Å². The van der Waals surface area contributed by atoms with Gasteiger partial charge in [0.2, 0.25) is 5.13 Å². The molecule has 0 unspecified atom stereocenters. The van der Waals surface area contributed by atoms with Crippen molar-refractivity contribution in [3.63, 3.8) is 0 Å². The minimum absolute atomic E-state index is 0.0519. The number of benzene rings is 1. The Morgan fingerprint density at radius 3 is 2.87 bits per heavy atom. The van der Waals surface area contributed by atoms with Gasteiger partial charge in [-0.15, -0.1) is 0 Å². The SMILES string of the molecule is C=C(/C=N/c1nc2ccc(C)cc2s1)/C(O)=C\C(=C)N(C)CC. The summed E-state index contributed by atoms with van der Waals surface area (Å²) in [4.78, 5) is 10.7.